The van der Waals surface area contributed by atoms with E-state index in [1.54, 1.807) is 30.3 Å². The van der Waals surface area contributed by atoms with Gasteiger partial charge in [0.05, 0.1) is 11.0 Å². The van der Waals surface area contributed by atoms with E-state index in [9.17, 15) is 9.59 Å². The molecule has 1 aliphatic heterocycles. The highest BCUT2D eigenvalue weighted by Crippen LogP contribution is 2.29. The number of nitrogens with one attached hydrogen (secondary N) is 1. The van der Waals surface area contributed by atoms with Crippen LogP contribution in [0, 0.1) is 0 Å². The molecule has 1 heterocycles. The van der Waals surface area contributed by atoms with E-state index in [4.69, 9.17) is 27.9 Å². The van der Waals surface area contributed by atoms with Crippen LogP contribution >= 0.6 is 55.1 Å². The van der Waals surface area contributed by atoms with Gasteiger partial charge < -0.3 is 10.1 Å². The maximum atomic E-state index is 12.8. The lowest BCUT2D eigenvalue weighted by Gasteiger charge is -2.12. The van der Waals surface area contributed by atoms with Gasteiger partial charge >= 0.3 is 6.03 Å². The highest BCUT2D eigenvalue weighted by Gasteiger charge is 2.33. The van der Waals surface area contributed by atoms with Gasteiger partial charge in [0.15, 0.2) is 0 Å². The summed E-state index contributed by atoms with van der Waals surface area (Å²) < 4.78 is 7.48. The van der Waals surface area contributed by atoms with E-state index in [-0.39, 0.29) is 24.8 Å². The van der Waals surface area contributed by atoms with Crippen molar-refractivity contribution in [3.8, 4) is 5.75 Å². The molecule has 0 unspecified atom stereocenters. The van der Waals surface area contributed by atoms with Crippen LogP contribution in [0.2, 0.25) is 10.0 Å². The minimum absolute atomic E-state index is 0.193. The molecule has 5 nitrogen and oxygen atoms in total. The zero-order valence-corrected chi connectivity index (χ0v) is 21.6. The van der Waals surface area contributed by atoms with Crippen LogP contribution in [-0.2, 0) is 17.9 Å². The Balaban J connectivity index is 1.45. The molecule has 168 valence electrons. The number of ether oxygens (including phenoxy) is 1. The van der Waals surface area contributed by atoms with Crippen LogP contribution < -0.4 is 10.1 Å². The molecule has 1 fully saturated rings. The largest absolute Gasteiger partial charge is 0.488 e. The van der Waals surface area contributed by atoms with Crippen LogP contribution in [0.25, 0.3) is 6.08 Å². The van der Waals surface area contributed by atoms with Crippen molar-refractivity contribution in [3.05, 3.63) is 102 Å². The molecule has 3 amide bonds. The topological polar surface area (TPSA) is 58.6 Å². The Bertz CT molecular complexity index is 1260. The van der Waals surface area contributed by atoms with E-state index >= 15 is 0 Å². The van der Waals surface area contributed by atoms with Crippen LogP contribution in [0.1, 0.15) is 16.7 Å². The first-order valence-electron chi connectivity index (χ1n) is 9.75. The molecular weight excluding hydrogens is 595 g/mol. The number of urea groups is 1. The molecule has 1 aliphatic rings. The molecule has 0 aromatic heterocycles. The zero-order chi connectivity index (χ0) is 23.5. The average molecular weight is 611 g/mol. The summed E-state index contributed by atoms with van der Waals surface area (Å²) in [5.41, 5.74) is 2.61. The maximum Gasteiger partial charge on any atom is 0.329 e. The highest BCUT2D eigenvalue weighted by atomic mass is 79.9. The fourth-order valence-corrected chi connectivity index (χ4v) is 4.41. The van der Waals surface area contributed by atoms with Crippen molar-refractivity contribution in [2.45, 2.75) is 13.2 Å². The molecule has 0 saturated carbocycles. The van der Waals surface area contributed by atoms with Crippen molar-refractivity contribution in [1.82, 2.24) is 10.2 Å². The number of nitrogens with zero attached hydrogens (tertiary/aromatic N) is 1. The number of carbonyl (C=O) groups excluding carboxylic acids is 2. The second-order valence-corrected chi connectivity index (χ2v) is 9.83. The van der Waals surface area contributed by atoms with E-state index in [2.05, 4.69) is 37.2 Å². The molecule has 0 radical (unpaired) electrons. The lowest BCUT2D eigenvalue weighted by atomic mass is 10.1. The van der Waals surface area contributed by atoms with E-state index in [0.29, 0.717) is 20.3 Å². The van der Waals surface area contributed by atoms with E-state index in [0.717, 1.165) is 21.2 Å². The summed E-state index contributed by atoms with van der Waals surface area (Å²) in [5, 5.41) is 3.73. The zero-order valence-electron chi connectivity index (χ0n) is 16.9. The third-order valence-corrected chi connectivity index (χ3v) is 6.62. The number of hydrogen-bond donors (Lipinski definition) is 1. The number of carbonyl (C=O) groups is 2. The first-order chi connectivity index (χ1) is 15.8. The molecule has 9 heteroatoms. The molecule has 0 aliphatic carbocycles. The number of halogens is 4. The molecule has 33 heavy (non-hydrogen) atoms. The SMILES string of the molecule is O=C1N/C(=C/c2ccc(OCc3ccc(Cl)cc3Cl)c(Br)c2)C(=O)N1Cc1ccc(Br)cc1. The molecule has 0 bridgehead atoms. The molecule has 1 saturated heterocycles. The molecule has 3 aromatic carbocycles. The smallest absolute Gasteiger partial charge is 0.329 e. The normalized spacial score (nSPS) is 14.7. The Morgan fingerprint density at radius 3 is 2.42 bits per heavy atom. The number of benzene rings is 3. The van der Waals surface area contributed by atoms with Crippen molar-refractivity contribution in [3.63, 3.8) is 0 Å². The Morgan fingerprint density at radius 2 is 1.73 bits per heavy atom. The van der Waals surface area contributed by atoms with Crippen LogP contribution in [0.15, 0.2) is 75.3 Å². The van der Waals surface area contributed by atoms with Crippen molar-refractivity contribution in [2.75, 3.05) is 0 Å². The van der Waals surface area contributed by atoms with Gasteiger partial charge in [-0.05, 0) is 69.5 Å². The van der Waals surface area contributed by atoms with Gasteiger partial charge in [0.1, 0.15) is 18.1 Å². The van der Waals surface area contributed by atoms with E-state index < -0.39 is 6.03 Å². The Labute approximate surface area is 217 Å². The van der Waals surface area contributed by atoms with Crippen molar-refractivity contribution < 1.29 is 14.3 Å². The second kappa shape index (κ2) is 10.3. The number of amides is 3. The Hall–Kier alpha value is -2.32. The molecule has 0 spiro atoms. The van der Waals surface area contributed by atoms with Crippen LogP contribution in [0.5, 0.6) is 5.75 Å². The van der Waals surface area contributed by atoms with Crippen molar-refractivity contribution >= 4 is 73.1 Å². The van der Waals surface area contributed by atoms with E-state index in [1.807, 2.05) is 36.4 Å². The molecule has 0 atom stereocenters. The molecule has 1 N–H and O–H groups in total. The lowest BCUT2D eigenvalue weighted by molar-refractivity contribution is -0.123. The van der Waals surface area contributed by atoms with Gasteiger partial charge in [0.25, 0.3) is 5.91 Å². The summed E-state index contributed by atoms with van der Waals surface area (Å²) in [4.78, 5) is 26.3. The standard InChI is InChI=1S/C24H16Br2Cl2N2O3/c25-17-5-1-14(2-6-17)12-30-23(31)21(29-24(30)32)10-15-3-8-22(19(26)9-15)33-13-16-4-7-18(27)11-20(16)28/h1-11H,12-13H2,(H,29,32)/b21-10+. The van der Waals surface area contributed by atoms with Gasteiger partial charge in [-0.15, -0.1) is 0 Å². The first kappa shape index (κ1) is 23.8. The number of hydrogen-bond acceptors (Lipinski definition) is 3. The monoisotopic (exact) mass is 608 g/mol. The minimum Gasteiger partial charge on any atom is -0.488 e. The summed E-state index contributed by atoms with van der Waals surface area (Å²) >= 11 is 19.0. The lowest BCUT2D eigenvalue weighted by Crippen LogP contribution is -2.30. The van der Waals surface area contributed by atoms with Crippen LogP contribution in [0.4, 0.5) is 4.79 Å². The first-order valence-corrected chi connectivity index (χ1v) is 12.1. The quantitative estimate of drug-likeness (QED) is 0.237. The fourth-order valence-electron chi connectivity index (χ4n) is 3.17. The maximum absolute atomic E-state index is 12.8. The summed E-state index contributed by atoms with van der Waals surface area (Å²) in [6.45, 7) is 0.466. The molecule has 3 aromatic rings. The predicted octanol–water partition coefficient (Wildman–Crippen LogP) is 7.19. The van der Waals surface area contributed by atoms with Gasteiger partial charge in [-0.3, -0.25) is 9.69 Å². The van der Waals surface area contributed by atoms with Crippen LogP contribution in [0.3, 0.4) is 0 Å². The Morgan fingerprint density at radius 1 is 0.970 bits per heavy atom. The third kappa shape index (κ3) is 5.79. The fraction of sp³-hybridized carbons (Fsp3) is 0.0833. The molecular formula is C24H16Br2Cl2N2O3. The highest BCUT2D eigenvalue weighted by molar-refractivity contribution is 9.10. The predicted molar refractivity (Wildman–Crippen MR) is 136 cm³/mol. The van der Waals surface area contributed by atoms with Gasteiger partial charge in [-0.25, -0.2) is 4.79 Å². The van der Waals surface area contributed by atoms with E-state index in [1.165, 1.54) is 4.90 Å². The third-order valence-electron chi connectivity index (χ3n) is 4.88. The number of imide groups is 1. The van der Waals surface area contributed by atoms with Gasteiger partial charge in [-0.1, -0.05) is 63.4 Å². The number of rotatable bonds is 6. The summed E-state index contributed by atoms with van der Waals surface area (Å²) in [5.74, 6) is 0.235. The van der Waals surface area contributed by atoms with Gasteiger partial charge in [0.2, 0.25) is 0 Å². The summed E-state index contributed by atoms with van der Waals surface area (Å²) in [7, 11) is 0. The molecule has 4 rings (SSSR count). The van der Waals surface area contributed by atoms with Gasteiger partial charge in [0, 0.05) is 20.1 Å². The summed E-state index contributed by atoms with van der Waals surface area (Å²) in [6.07, 6.45) is 1.63. The van der Waals surface area contributed by atoms with Crippen molar-refractivity contribution in [1.29, 1.82) is 0 Å². The van der Waals surface area contributed by atoms with Gasteiger partial charge in [-0.2, -0.15) is 0 Å². The summed E-state index contributed by atoms with van der Waals surface area (Å²) in [6, 6.07) is 17.6. The average Bonchev–Trinajstić information content (AvgIpc) is 3.03. The van der Waals surface area contributed by atoms with Crippen LogP contribution in [-0.4, -0.2) is 16.8 Å². The second-order valence-electron chi connectivity index (χ2n) is 7.22. The van der Waals surface area contributed by atoms with Crippen molar-refractivity contribution in [2.24, 2.45) is 0 Å². The Kier molecular flexibility index (Phi) is 7.44. The minimum atomic E-state index is -0.451.